The van der Waals surface area contributed by atoms with Crippen molar-refractivity contribution in [3.63, 3.8) is 0 Å². The highest BCUT2D eigenvalue weighted by Crippen LogP contribution is 2.40. The standard InChI is InChI=1S/C19H22FN3O3/c1-25-16-3-2-13(10-15(16)20)11-17(24)23-7-5-19(6-8-23)18-14(4-9-26-19)12-21-22-18/h2-3,10,12H,4-9,11H2,1H3,(H,21,22). The largest absolute Gasteiger partial charge is 0.494 e. The molecule has 1 saturated heterocycles. The molecule has 1 aromatic heterocycles. The van der Waals surface area contributed by atoms with Crippen LogP contribution in [0.15, 0.2) is 24.4 Å². The average Bonchev–Trinajstić information content (AvgIpc) is 3.13. The van der Waals surface area contributed by atoms with Gasteiger partial charge in [0.15, 0.2) is 11.6 Å². The number of methoxy groups -OCH3 is 1. The predicted octanol–water partition coefficient (Wildman–Crippen LogP) is 2.19. The molecule has 1 aromatic carbocycles. The Bertz CT molecular complexity index is 812. The fourth-order valence-electron chi connectivity index (χ4n) is 3.94. The van der Waals surface area contributed by atoms with Gasteiger partial charge in [-0.1, -0.05) is 6.07 Å². The molecule has 2 aromatic rings. The minimum atomic E-state index is -0.447. The maximum absolute atomic E-state index is 13.8. The average molecular weight is 359 g/mol. The SMILES string of the molecule is COc1ccc(CC(=O)N2CCC3(CC2)OCCc2cn[nH]c23)cc1F. The smallest absolute Gasteiger partial charge is 0.226 e. The number of nitrogens with one attached hydrogen (secondary N) is 1. The third-order valence-electron chi connectivity index (χ3n) is 5.42. The zero-order valence-electron chi connectivity index (χ0n) is 14.8. The van der Waals surface area contributed by atoms with E-state index in [-0.39, 0.29) is 23.7 Å². The predicted molar refractivity (Wildman–Crippen MR) is 92.4 cm³/mol. The second-order valence-corrected chi connectivity index (χ2v) is 6.89. The zero-order valence-corrected chi connectivity index (χ0v) is 14.8. The molecule has 3 heterocycles. The number of rotatable bonds is 3. The molecule has 0 atom stereocenters. The van der Waals surface area contributed by atoms with Crippen molar-refractivity contribution in [1.29, 1.82) is 0 Å². The number of carbonyl (C=O) groups excluding carboxylic acids is 1. The molecular formula is C19H22FN3O3. The third-order valence-corrected chi connectivity index (χ3v) is 5.42. The van der Waals surface area contributed by atoms with Gasteiger partial charge in [-0.2, -0.15) is 5.10 Å². The van der Waals surface area contributed by atoms with Crippen LogP contribution in [0.25, 0.3) is 0 Å². The van der Waals surface area contributed by atoms with Crippen LogP contribution >= 0.6 is 0 Å². The van der Waals surface area contributed by atoms with Crippen LogP contribution in [0.5, 0.6) is 5.75 Å². The first-order valence-electron chi connectivity index (χ1n) is 8.88. The molecule has 1 N–H and O–H groups in total. The molecule has 0 radical (unpaired) electrons. The molecule has 1 spiro atoms. The van der Waals surface area contributed by atoms with E-state index in [1.807, 2.05) is 11.1 Å². The lowest BCUT2D eigenvalue weighted by molar-refractivity contribution is -0.140. The number of piperidine rings is 1. The first-order valence-corrected chi connectivity index (χ1v) is 8.88. The van der Waals surface area contributed by atoms with E-state index in [9.17, 15) is 9.18 Å². The number of nitrogens with zero attached hydrogens (tertiary/aromatic N) is 2. The summed E-state index contributed by atoms with van der Waals surface area (Å²) < 4.78 is 24.8. The van der Waals surface area contributed by atoms with Gasteiger partial charge in [0.25, 0.3) is 0 Å². The van der Waals surface area contributed by atoms with Gasteiger partial charge in [0, 0.05) is 13.1 Å². The van der Waals surface area contributed by atoms with Crippen LogP contribution in [0.4, 0.5) is 4.39 Å². The number of ether oxygens (including phenoxy) is 2. The molecule has 0 unspecified atom stereocenters. The van der Waals surface area contributed by atoms with Crippen LogP contribution in [0, 0.1) is 5.82 Å². The minimum absolute atomic E-state index is 0.00469. The van der Waals surface area contributed by atoms with Gasteiger partial charge < -0.3 is 14.4 Å². The van der Waals surface area contributed by atoms with Crippen LogP contribution in [-0.4, -0.2) is 47.8 Å². The van der Waals surface area contributed by atoms with Gasteiger partial charge >= 0.3 is 0 Å². The van der Waals surface area contributed by atoms with Crippen LogP contribution in [0.2, 0.25) is 0 Å². The Labute approximate surface area is 151 Å². The van der Waals surface area contributed by atoms with Gasteiger partial charge in [0.2, 0.25) is 5.91 Å². The van der Waals surface area contributed by atoms with E-state index in [1.54, 1.807) is 12.1 Å². The van der Waals surface area contributed by atoms with Gasteiger partial charge in [-0.05, 0) is 42.5 Å². The fourth-order valence-corrected chi connectivity index (χ4v) is 3.94. The van der Waals surface area contributed by atoms with Gasteiger partial charge in [0.05, 0.1) is 32.0 Å². The van der Waals surface area contributed by atoms with Gasteiger partial charge in [-0.15, -0.1) is 0 Å². The Kier molecular flexibility index (Phi) is 4.40. The summed E-state index contributed by atoms with van der Waals surface area (Å²) in [5, 5.41) is 7.24. The molecule has 138 valence electrons. The highest BCUT2D eigenvalue weighted by atomic mass is 19.1. The molecule has 2 aliphatic heterocycles. The van der Waals surface area contributed by atoms with Crippen molar-refractivity contribution < 1.29 is 18.7 Å². The molecule has 0 bridgehead atoms. The lowest BCUT2D eigenvalue weighted by Crippen LogP contribution is -2.48. The van der Waals surface area contributed by atoms with Crippen LogP contribution in [0.3, 0.4) is 0 Å². The fraction of sp³-hybridized carbons (Fsp3) is 0.474. The maximum atomic E-state index is 13.8. The van der Waals surface area contributed by atoms with Gasteiger partial charge in [-0.25, -0.2) is 4.39 Å². The van der Waals surface area contributed by atoms with Crippen LogP contribution < -0.4 is 4.74 Å². The number of aromatic amines is 1. The Morgan fingerprint density at radius 1 is 1.42 bits per heavy atom. The quantitative estimate of drug-likeness (QED) is 0.912. The topological polar surface area (TPSA) is 67.4 Å². The molecule has 0 saturated carbocycles. The Hall–Kier alpha value is -2.41. The highest BCUT2D eigenvalue weighted by molar-refractivity contribution is 5.79. The summed E-state index contributed by atoms with van der Waals surface area (Å²) >= 11 is 0. The number of aromatic nitrogens is 2. The maximum Gasteiger partial charge on any atom is 0.226 e. The van der Waals surface area contributed by atoms with E-state index < -0.39 is 5.82 Å². The second kappa shape index (κ2) is 6.72. The van der Waals surface area contributed by atoms with Crippen molar-refractivity contribution in [1.82, 2.24) is 15.1 Å². The van der Waals surface area contributed by atoms with Gasteiger partial charge in [0.1, 0.15) is 5.60 Å². The lowest BCUT2D eigenvalue weighted by atomic mass is 9.83. The van der Waals surface area contributed by atoms with Crippen molar-refractivity contribution in [2.24, 2.45) is 0 Å². The number of benzene rings is 1. The summed E-state index contributed by atoms with van der Waals surface area (Å²) in [6, 6.07) is 4.65. The number of carbonyl (C=O) groups is 1. The first-order chi connectivity index (χ1) is 12.6. The van der Waals surface area contributed by atoms with Crippen molar-refractivity contribution in [2.75, 3.05) is 26.8 Å². The number of hydrogen-bond donors (Lipinski definition) is 1. The molecule has 7 heteroatoms. The van der Waals surface area contributed by atoms with Crippen molar-refractivity contribution in [3.05, 3.63) is 47.0 Å². The Morgan fingerprint density at radius 2 is 2.23 bits per heavy atom. The lowest BCUT2D eigenvalue weighted by Gasteiger charge is -2.43. The molecule has 6 nitrogen and oxygen atoms in total. The molecule has 4 rings (SSSR count). The van der Waals surface area contributed by atoms with E-state index in [0.717, 1.165) is 25.0 Å². The summed E-state index contributed by atoms with van der Waals surface area (Å²) in [5.74, 6) is -0.256. The van der Waals surface area contributed by atoms with Crippen molar-refractivity contribution in [2.45, 2.75) is 31.3 Å². The number of amides is 1. The molecule has 1 fully saturated rings. The summed E-state index contributed by atoms with van der Waals surface area (Å²) in [6.45, 7) is 1.93. The zero-order chi connectivity index (χ0) is 18.1. The first kappa shape index (κ1) is 17.0. The van der Waals surface area contributed by atoms with Gasteiger partial charge in [-0.3, -0.25) is 9.89 Å². The molecule has 2 aliphatic rings. The number of H-pyrrole nitrogens is 1. The summed E-state index contributed by atoms with van der Waals surface area (Å²) in [6.07, 6.45) is 4.41. The van der Waals surface area contributed by atoms with Crippen LogP contribution in [0.1, 0.15) is 29.7 Å². The normalized spacial score (nSPS) is 18.6. The Balaban J connectivity index is 1.41. The number of fused-ring (bicyclic) bond motifs is 2. The van der Waals surface area contributed by atoms with E-state index in [0.29, 0.717) is 25.3 Å². The van der Waals surface area contributed by atoms with E-state index in [2.05, 4.69) is 10.2 Å². The molecule has 26 heavy (non-hydrogen) atoms. The summed E-state index contributed by atoms with van der Waals surface area (Å²) in [7, 11) is 1.42. The highest BCUT2D eigenvalue weighted by Gasteiger charge is 2.43. The van der Waals surface area contributed by atoms with E-state index in [4.69, 9.17) is 9.47 Å². The van der Waals surface area contributed by atoms with E-state index in [1.165, 1.54) is 18.7 Å². The van der Waals surface area contributed by atoms with Crippen molar-refractivity contribution >= 4 is 5.91 Å². The minimum Gasteiger partial charge on any atom is -0.494 e. The Morgan fingerprint density at radius 3 is 2.96 bits per heavy atom. The number of likely N-dealkylation sites (tertiary alicyclic amines) is 1. The molecular weight excluding hydrogens is 337 g/mol. The number of hydrogen-bond acceptors (Lipinski definition) is 4. The number of halogens is 1. The molecule has 1 amide bonds. The second-order valence-electron chi connectivity index (χ2n) is 6.89. The summed E-state index contributed by atoms with van der Waals surface area (Å²) in [4.78, 5) is 14.4. The third kappa shape index (κ3) is 2.96. The molecule has 0 aliphatic carbocycles. The van der Waals surface area contributed by atoms with E-state index >= 15 is 0 Å². The monoisotopic (exact) mass is 359 g/mol. The van der Waals surface area contributed by atoms with Crippen molar-refractivity contribution in [3.8, 4) is 5.75 Å². The summed E-state index contributed by atoms with van der Waals surface area (Å²) in [5.41, 5.74) is 2.57. The van der Waals surface area contributed by atoms with Crippen LogP contribution in [-0.2, 0) is 28.0 Å².